The molecule has 1 aromatic heterocycles. The Labute approximate surface area is 241 Å². The molecule has 1 aliphatic heterocycles. The van der Waals surface area contributed by atoms with Gasteiger partial charge in [-0.3, -0.25) is 9.78 Å². The maximum atomic E-state index is 14.8. The third-order valence-corrected chi connectivity index (χ3v) is 8.14. The van der Waals surface area contributed by atoms with Crippen LogP contribution in [0.1, 0.15) is 59.1 Å². The number of esters is 1. The number of hydrogen-bond acceptors (Lipinski definition) is 6. The molecule has 2 aromatic carbocycles. The van der Waals surface area contributed by atoms with Crippen LogP contribution in [0.2, 0.25) is 10.0 Å². The summed E-state index contributed by atoms with van der Waals surface area (Å²) in [6.45, 7) is 1.43. The number of rotatable bonds is 8. The number of halogens is 3. The average Bonchev–Trinajstić information content (AvgIpc) is 3.78. The van der Waals surface area contributed by atoms with E-state index in [0.717, 1.165) is 12.8 Å². The van der Waals surface area contributed by atoms with Gasteiger partial charge in [0.2, 0.25) is 0 Å². The van der Waals surface area contributed by atoms with Crippen molar-refractivity contribution in [2.24, 2.45) is 5.92 Å². The van der Waals surface area contributed by atoms with E-state index >= 15 is 0 Å². The zero-order valence-corrected chi connectivity index (χ0v) is 23.5. The van der Waals surface area contributed by atoms with Crippen LogP contribution < -0.4 is 0 Å². The average molecular weight is 587 g/mol. The molecule has 1 N–H and O–H groups in total. The number of hydrogen-bond donors (Lipinski definition) is 1. The molecule has 5 rings (SSSR count). The van der Waals surface area contributed by atoms with Crippen molar-refractivity contribution in [2.75, 3.05) is 13.7 Å². The number of amides is 1. The molecular weight excluding hydrogens is 558 g/mol. The van der Waals surface area contributed by atoms with Crippen LogP contribution in [0.4, 0.5) is 4.39 Å². The summed E-state index contributed by atoms with van der Waals surface area (Å²) in [7, 11) is 1.29. The van der Waals surface area contributed by atoms with Crippen molar-refractivity contribution in [1.82, 2.24) is 9.88 Å². The van der Waals surface area contributed by atoms with Gasteiger partial charge in [-0.15, -0.1) is 0 Å². The van der Waals surface area contributed by atoms with Gasteiger partial charge in [-0.25, -0.2) is 9.18 Å². The number of nitrogens with zero attached hydrogens (tertiary/aromatic N) is 2. The minimum Gasteiger partial charge on any atom is -0.465 e. The Morgan fingerprint density at radius 1 is 1.20 bits per heavy atom. The van der Waals surface area contributed by atoms with Gasteiger partial charge in [0.15, 0.2) is 5.60 Å². The normalized spacial score (nSPS) is 23.6. The van der Waals surface area contributed by atoms with Crippen molar-refractivity contribution in [3.8, 4) is 0 Å². The van der Waals surface area contributed by atoms with Gasteiger partial charge in [-0.05, 0) is 73.2 Å². The van der Waals surface area contributed by atoms with Crippen molar-refractivity contribution in [3.63, 3.8) is 0 Å². The van der Waals surface area contributed by atoms with Gasteiger partial charge in [0, 0.05) is 23.3 Å². The lowest BCUT2D eigenvalue weighted by Gasteiger charge is -2.51. The molecule has 1 amide bonds. The van der Waals surface area contributed by atoms with Crippen molar-refractivity contribution in [2.45, 2.75) is 50.0 Å². The van der Waals surface area contributed by atoms with E-state index in [9.17, 15) is 19.1 Å². The van der Waals surface area contributed by atoms with Crippen LogP contribution in [0.25, 0.3) is 0 Å². The first kappa shape index (κ1) is 28.5. The first-order valence-electron chi connectivity index (χ1n) is 13.0. The summed E-state index contributed by atoms with van der Waals surface area (Å²) in [5, 5.41) is 11.0. The molecule has 10 heteroatoms. The van der Waals surface area contributed by atoms with Crippen molar-refractivity contribution >= 4 is 35.1 Å². The summed E-state index contributed by atoms with van der Waals surface area (Å²) in [4.78, 5) is 32.4. The van der Waals surface area contributed by atoms with E-state index in [4.69, 9.17) is 32.7 Å². The Kier molecular flexibility index (Phi) is 8.15. The van der Waals surface area contributed by atoms with E-state index in [0.29, 0.717) is 21.8 Å². The number of carbonyl (C=O) groups is 2. The summed E-state index contributed by atoms with van der Waals surface area (Å²) in [6, 6.07) is 13.5. The monoisotopic (exact) mass is 586 g/mol. The number of benzene rings is 2. The van der Waals surface area contributed by atoms with Crippen molar-refractivity contribution in [3.05, 3.63) is 99.0 Å². The number of aromatic nitrogens is 1. The lowest BCUT2D eigenvalue weighted by Crippen LogP contribution is -2.62. The van der Waals surface area contributed by atoms with Gasteiger partial charge in [0.25, 0.3) is 5.91 Å². The smallest absolute Gasteiger partial charge is 0.339 e. The predicted molar refractivity (Wildman–Crippen MR) is 148 cm³/mol. The Morgan fingerprint density at radius 3 is 2.58 bits per heavy atom. The van der Waals surface area contributed by atoms with Gasteiger partial charge in [-0.2, -0.15) is 0 Å². The molecule has 40 heavy (non-hydrogen) atoms. The molecule has 0 bridgehead atoms. The topological polar surface area (TPSA) is 89.0 Å². The lowest BCUT2D eigenvalue weighted by molar-refractivity contribution is -0.205. The molecule has 1 saturated heterocycles. The van der Waals surface area contributed by atoms with Gasteiger partial charge in [-0.1, -0.05) is 41.4 Å². The number of carbonyl (C=O) groups excluding carboxylic acids is 2. The first-order valence-corrected chi connectivity index (χ1v) is 13.8. The number of ether oxygens (including phenoxy) is 2. The predicted octanol–water partition coefficient (Wildman–Crippen LogP) is 5.73. The standard InChI is InChI=1S/C30H29Cl2FN2O5/c1-30(14-22-10-8-20(15-34-22)28(37)39-2)29(38)35(25(16-36)17-6-7-17)26(18-9-11-23(32)24(33)13-18)27(40-30)19-4-3-5-21(31)12-19/h3-5,8-13,15,17,25-27,36H,6-7,14,16H2,1-2H3/t25?,26?,27?,30-/m0/s1. The molecule has 2 aliphatic rings. The quantitative estimate of drug-likeness (QED) is 0.339. The molecule has 7 nitrogen and oxygen atoms in total. The highest BCUT2D eigenvalue weighted by Gasteiger charge is 2.55. The molecule has 0 spiro atoms. The van der Waals surface area contributed by atoms with Gasteiger partial charge < -0.3 is 19.5 Å². The van der Waals surface area contributed by atoms with Gasteiger partial charge in [0.1, 0.15) is 11.9 Å². The Morgan fingerprint density at radius 2 is 1.98 bits per heavy atom. The maximum absolute atomic E-state index is 14.8. The van der Waals surface area contributed by atoms with Gasteiger partial charge in [0.05, 0.1) is 36.4 Å². The Bertz CT molecular complexity index is 1420. The lowest BCUT2D eigenvalue weighted by atomic mass is 9.85. The van der Waals surface area contributed by atoms with Gasteiger partial charge >= 0.3 is 5.97 Å². The van der Waals surface area contributed by atoms with Crippen LogP contribution >= 0.6 is 23.2 Å². The molecule has 210 valence electrons. The Balaban J connectivity index is 1.62. The second kappa shape index (κ2) is 11.4. The molecule has 0 radical (unpaired) electrons. The number of pyridine rings is 1. The van der Waals surface area contributed by atoms with E-state index in [-0.39, 0.29) is 35.4 Å². The summed E-state index contributed by atoms with van der Waals surface area (Å²) in [5.74, 6) is -1.38. The minimum absolute atomic E-state index is 0.0372. The van der Waals surface area contributed by atoms with Crippen LogP contribution in [0.15, 0.2) is 60.8 Å². The molecule has 2 heterocycles. The fourth-order valence-corrected chi connectivity index (χ4v) is 5.75. The summed E-state index contributed by atoms with van der Waals surface area (Å²) in [5.41, 5.74) is 0.581. The molecule has 3 unspecified atom stereocenters. The highest BCUT2D eigenvalue weighted by Crippen LogP contribution is 2.50. The highest BCUT2D eigenvalue weighted by molar-refractivity contribution is 6.31. The summed E-state index contributed by atoms with van der Waals surface area (Å²) in [6.07, 6.45) is 2.46. The van der Waals surface area contributed by atoms with Crippen LogP contribution in [-0.4, -0.2) is 52.2 Å². The number of methoxy groups -OCH3 is 1. The number of aliphatic hydroxyl groups is 1. The molecule has 2 fully saturated rings. The minimum atomic E-state index is -1.41. The number of morpholine rings is 1. The fraction of sp³-hybridized carbons (Fsp3) is 0.367. The molecule has 3 aromatic rings. The van der Waals surface area contributed by atoms with Crippen molar-refractivity contribution < 1.29 is 28.6 Å². The zero-order valence-electron chi connectivity index (χ0n) is 22.0. The maximum Gasteiger partial charge on any atom is 0.339 e. The van der Waals surface area contributed by atoms with Crippen LogP contribution in [-0.2, 0) is 20.7 Å². The van der Waals surface area contributed by atoms with Crippen LogP contribution in [0.5, 0.6) is 0 Å². The molecule has 1 saturated carbocycles. The van der Waals surface area contributed by atoms with Crippen molar-refractivity contribution in [1.29, 1.82) is 0 Å². The fourth-order valence-electron chi connectivity index (χ4n) is 5.44. The van der Waals surface area contributed by atoms with E-state index in [2.05, 4.69) is 4.98 Å². The van der Waals surface area contributed by atoms with E-state index in [1.165, 1.54) is 25.4 Å². The Hall–Kier alpha value is -3.04. The summed E-state index contributed by atoms with van der Waals surface area (Å²) >= 11 is 12.4. The molecular formula is C30H29Cl2FN2O5. The highest BCUT2D eigenvalue weighted by atomic mass is 35.5. The third-order valence-electron chi connectivity index (χ3n) is 7.60. The zero-order chi connectivity index (χ0) is 28.6. The molecule has 4 atom stereocenters. The molecule has 1 aliphatic carbocycles. The van der Waals surface area contributed by atoms with E-state index < -0.39 is 35.6 Å². The second-order valence-electron chi connectivity index (χ2n) is 10.4. The van der Waals surface area contributed by atoms with Crippen LogP contribution in [0.3, 0.4) is 0 Å². The van der Waals surface area contributed by atoms with E-state index in [1.807, 2.05) is 6.07 Å². The first-order chi connectivity index (χ1) is 19.1. The van der Waals surface area contributed by atoms with Crippen LogP contribution in [0, 0.1) is 11.7 Å². The SMILES string of the molecule is COC(=O)c1ccc(C[C@]2(C)OC(c3cccc(Cl)c3)C(c3ccc(Cl)c(F)c3)N(C(CO)C3CC3)C2=O)nc1. The van der Waals surface area contributed by atoms with E-state index in [1.54, 1.807) is 48.2 Å². The second-order valence-corrected chi connectivity index (χ2v) is 11.3. The third kappa shape index (κ3) is 5.59. The summed E-state index contributed by atoms with van der Waals surface area (Å²) < 4.78 is 26.2. The largest absolute Gasteiger partial charge is 0.465 e. The number of aliphatic hydroxyl groups excluding tert-OH is 1.